The summed E-state index contributed by atoms with van der Waals surface area (Å²) in [5.74, 6) is 0.159. The van der Waals surface area contributed by atoms with E-state index in [-0.39, 0.29) is 23.1 Å². The molecule has 6 rings (SSSR count). The highest BCUT2D eigenvalue weighted by atomic mass is 35.5. The Morgan fingerprint density at radius 1 is 1.03 bits per heavy atom. The van der Waals surface area contributed by atoms with E-state index in [2.05, 4.69) is 40.0 Å². The summed E-state index contributed by atoms with van der Waals surface area (Å²) in [6, 6.07) is 21.8. The normalized spacial score (nSPS) is 17.8. The Hall–Kier alpha value is -3.45. The van der Waals surface area contributed by atoms with E-state index in [1.807, 2.05) is 36.4 Å². The second-order valence-electron chi connectivity index (χ2n) is 10.7. The van der Waals surface area contributed by atoms with Crippen LogP contribution in [0.3, 0.4) is 0 Å². The molecular weight excluding hydrogens is 510 g/mol. The SMILES string of the molecule is CN1Cc2cc(CC3CCOCC3)cc3c(=O)c(C(=O)NCc4ccc(Cl)cc4)cn(c23)C1c1ccccc1. The van der Waals surface area contributed by atoms with Crippen molar-refractivity contribution in [3.8, 4) is 0 Å². The molecule has 3 heterocycles. The maximum absolute atomic E-state index is 13.9. The van der Waals surface area contributed by atoms with Crippen LogP contribution in [-0.4, -0.2) is 35.6 Å². The van der Waals surface area contributed by atoms with E-state index in [9.17, 15) is 9.59 Å². The number of pyridine rings is 1. The number of carbonyl (C=O) groups excluding carboxylic acids is 1. The molecular formula is C32H32ClN3O3. The van der Waals surface area contributed by atoms with Crippen LogP contribution in [0.25, 0.3) is 10.9 Å². The monoisotopic (exact) mass is 541 g/mol. The van der Waals surface area contributed by atoms with Gasteiger partial charge in [0.1, 0.15) is 11.7 Å². The van der Waals surface area contributed by atoms with Gasteiger partial charge in [-0.25, -0.2) is 0 Å². The lowest BCUT2D eigenvalue weighted by Gasteiger charge is -2.37. The summed E-state index contributed by atoms with van der Waals surface area (Å²) in [5, 5.41) is 4.20. The predicted molar refractivity (Wildman–Crippen MR) is 154 cm³/mol. The maximum atomic E-state index is 13.9. The van der Waals surface area contributed by atoms with Crippen molar-refractivity contribution in [2.75, 3.05) is 20.3 Å². The summed E-state index contributed by atoms with van der Waals surface area (Å²) in [7, 11) is 2.09. The topological polar surface area (TPSA) is 63.6 Å². The molecule has 1 amide bonds. The molecule has 1 unspecified atom stereocenters. The van der Waals surface area contributed by atoms with E-state index in [0.717, 1.165) is 66.8 Å². The zero-order valence-electron chi connectivity index (χ0n) is 22.0. The van der Waals surface area contributed by atoms with Gasteiger partial charge in [0.2, 0.25) is 5.43 Å². The zero-order valence-corrected chi connectivity index (χ0v) is 22.8. The first-order valence-corrected chi connectivity index (χ1v) is 13.9. The van der Waals surface area contributed by atoms with Crippen molar-refractivity contribution in [1.82, 2.24) is 14.8 Å². The highest BCUT2D eigenvalue weighted by molar-refractivity contribution is 6.30. The molecule has 0 bridgehead atoms. The molecule has 0 saturated carbocycles. The van der Waals surface area contributed by atoms with Crippen LogP contribution < -0.4 is 10.7 Å². The lowest BCUT2D eigenvalue weighted by Crippen LogP contribution is -2.37. The summed E-state index contributed by atoms with van der Waals surface area (Å²) in [4.78, 5) is 29.7. The fraction of sp³-hybridized carbons (Fsp3) is 0.312. The maximum Gasteiger partial charge on any atom is 0.257 e. The second kappa shape index (κ2) is 11.0. The molecule has 0 radical (unpaired) electrons. The van der Waals surface area contributed by atoms with E-state index in [0.29, 0.717) is 22.9 Å². The van der Waals surface area contributed by atoms with Gasteiger partial charge in [-0.1, -0.05) is 60.1 Å². The smallest absolute Gasteiger partial charge is 0.257 e. The van der Waals surface area contributed by atoms with Crippen LogP contribution in [0.2, 0.25) is 5.02 Å². The summed E-state index contributed by atoms with van der Waals surface area (Å²) in [5.41, 5.74) is 5.14. The van der Waals surface area contributed by atoms with Crippen LogP contribution in [-0.2, 0) is 24.2 Å². The number of rotatable bonds is 6. The molecule has 3 aromatic carbocycles. The van der Waals surface area contributed by atoms with Gasteiger partial charge < -0.3 is 14.6 Å². The molecule has 4 aromatic rings. The molecule has 39 heavy (non-hydrogen) atoms. The zero-order chi connectivity index (χ0) is 26.9. The third-order valence-corrected chi connectivity index (χ3v) is 8.19. The molecule has 2 aliphatic heterocycles. The first kappa shape index (κ1) is 25.8. The molecule has 6 nitrogen and oxygen atoms in total. The van der Waals surface area contributed by atoms with Crippen molar-refractivity contribution in [1.29, 1.82) is 0 Å². The van der Waals surface area contributed by atoms with Gasteiger partial charge >= 0.3 is 0 Å². The van der Waals surface area contributed by atoms with E-state index in [4.69, 9.17) is 16.3 Å². The Labute approximate surface area is 233 Å². The molecule has 0 aliphatic carbocycles. The third kappa shape index (κ3) is 5.24. The average molecular weight is 542 g/mol. The van der Waals surface area contributed by atoms with Crippen molar-refractivity contribution in [2.45, 2.75) is 38.5 Å². The van der Waals surface area contributed by atoms with Crippen LogP contribution in [0.1, 0.15) is 51.6 Å². The van der Waals surface area contributed by atoms with Crippen LogP contribution in [0, 0.1) is 5.92 Å². The predicted octanol–water partition coefficient (Wildman–Crippen LogP) is 5.55. The fourth-order valence-corrected chi connectivity index (χ4v) is 6.14. The molecule has 1 N–H and O–H groups in total. The fourth-order valence-electron chi connectivity index (χ4n) is 6.01. The summed E-state index contributed by atoms with van der Waals surface area (Å²) < 4.78 is 7.67. The summed E-state index contributed by atoms with van der Waals surface area (Å²) in [6.07, 6.45) is 4.58. The average Bonchev–Trinajstić information content (AvgIpc) is 2.95. The van der Waals surface area contributed by atoms with Crippen molar-refractivity contribution in [2.24, 2.45) is 5.92 Å². The minimum atomic E-state index is -0.378. The van der Waals surface area contributed by atoms with Crippen molar-refractivity contribution < 1.29 is 9.53 Å². The van der Waals surface area contributed by atoms with E-state index < -0.39 is 0 Å². The van der Waals surface area contributed by atoms with E-state index >= 15 is 0 Å². The molecule has 7 heteroatoms. The van der Waals surface area contributed by atoms with Gasteiger partial charge in [0.05, 0.1) is 5.52 Å². The van der Waals surface area contributed by atoms with Crippen LogP contribution in [0.4, 0.5) is 0 Å². The third-order valence-electron chi connectivity index (χ3n) is 7.94. The number of benzene rings is 3. The quantitative estimate of drug-likeness (QED) is 0.348. The standard InChI is InChI=1S/C32H32ClN3O3/c1-35-19-25-16-23(15-21-11-13-39-14-12-21)17-27-29(25)36(32(35)24-5-3-2-4-6-24)20-28(30(27)37)31(38)34-18-22-7-9-26(33)10-8-22/h2-10,16-17,20-21,32H,11-15,18-19H2,1H3,(H,34,38). The van der Waals surface area contributed by atoms with Crippen molar-refractivity contribution in [3.05, 3.63) is 116 Å². The van der Waals surface area contributed by atoms with Crippen LogP contribution in [0.15, 0.2) is 77.7 Å². The number of hydrogen-bond donors (Lipinski definition) is 1. The lowest BCUT2D eigenvalue weighted by atomic mass is 9.90. The number of nitrogens with zero attached hydrogens (tertiary/aromatic N) is 2. The molecule has 1 atom stereocenters. The van der Waals surface area contributed by atoms with Crippen LogP contribution in [0.5, 0.6) is 0 Å². The van der Waals surface area contributed by atoms with Gasteiger partial charge in [-0.2, -0.15) is 0 Å². The highest BCUT2D eigenvalue weighted by Gasteiger charge is 2.30. The highest BCUT2D eigenvalue weighted by Crippen LogP contribution is 2.35. The van der Waals surface area contributed by atoms with Gasteiger partial charge in [0, 0.05) is 42.9 Å². The molecule has 200 valence electrons. The molecule has 1 aromatic heterocycles. The molecule has 2 aliphatic rings. The Balaban J connectivity index is 1.45. The van der Waals surface area contributed by atoms with E-state index in [1.54, 1.807) is 18.3 Å². The van der Waals surface area contributed by atoms with Crippen molar-refractivity contribution >= 4 is 28.4 Å². The van der Waals surface area contributed by atoms with Gasteiger partial charge in [-0.05, 0) is 72.7 Å². The first-order valence-electron chi connectivity index (χ1n) is 13.5. The largest absolute Gasteiger partial charge is 0.381 e. The van der Waals surface area contributed by atoms with E-state index in [1.165, 1.54) is 0 Å². The van der Waals surface area contributed by atoms with Gasteiger partial charge in [-0.3, -0.25) is 14.5 Å². The summed E-state index contributed by atoms with van der Waals surface area (Å²) in [6.45, 7) is 2.61. The Kier molecular flexibility index (Phi) is 7.26. The van der Waals surface area contributed by atoms with Gasteiger partial charge in [-0.15, -0.1) is 0 Å². The minimum Gasteiger partial charge on any atom is -0.381 e. The van der Waals surface area contributed by atoms with Crippen molar-refractivity contribution in [3.63, 3.8) is 0 Å². The summed E-state index contributed by atoms with van der Waals surface area (Å²) >= 11 is 6.01. The molecule has 1 fully saturated rings. The minimum absolute atomic E-state index is 0.133. The molecule has 1 saturated heterocycles. The van der Waals surface area contributed by atoms with Crippen LogP contribution >= 0.6 is 11.6 Å². The molecule has 0 spiro atoms. The Bertz CT molecular complexity index is 1560. The number of ether oxygens (including phenoxy) is 1. The number of carbonyl (C=O) groups is 1. The first-order chi connectivity index (χ1) is 19.0. The number of nitrogens with one attached hydrogen (secondary N) is 1. The van der Waals surface area contributed by atoms with Gasteiger partial charge in [0.25, 0.3) is 5.91 Å². The number of aromatic nitrogens is 1. The Morgan fingerprint density at radius 3 is 2.51 bits per heavy atom. The van der Waals surface area contributed by atoms with Gasteiger partial charge in [0.15, 0.2) is 0 Å². The number of amides is 1. The number of hydrogen-bond acceptors (Lipinski definition) is 4. The second-order valence-corrected chi connectivity index (χ2v) is 11.1. The number of halogens is 1. The Morgan fingerprint density at radius 2 is 1.77 bits per heavy atom. The lowest BCUT2D eigenvalue weighted by molar-refractivity contribution is 0.0665.